The third kappa shape index (κ3) is 4.04. The number of hydrogen-bond acceptors (Lipinski definition) is 3. The van der Waals surface area contributed by atoms with Crippen LogP contribution >= 0.6 is 11.3 Å². The highest BCUT2D eigenvalue weighted by Gasteiger charge is 2.13. The van der Waals surface area contributed by atoms with Crippen molar-refractivity contribution in [3.8, 4) is 0 Å². The molecule has 1 heterocycles. The first-order valence-corrected chi connectivity index (χ1v) is 8.51. The lowest BCUT2D eigenvalue weighted by Gasteiger charge is -2.14. The molecule has 2 aromatic rings. The summed E-state index contributed by atoms with van der Waals surface area (Å²) in [6, 6.07) is 9.74. The predicted molar refractivity (Wildman–Crippen MR) is 91.7 cm³/mol. The molecule has 1 N–H and O–H groups in total. The number of hydrogen-bond donors (Lipinski definition) is 1. The first-order chi connectivity index (χ1) is 10.7. The number of thiophene rings is 1. The molecular formula is C18H21NO2S. The van der Waals surface area contributed by atoms with Gasteiger partial charge in [0.1, 0.15) is 0 Å². The van der Waals surface area contributed by atoms with Crippen LogP contribution in [0.25, 0.3) is 0 Å². The molecule has 0 fully saturated rings. The van der Waals surface area contributed by atoms with Gasteiger partial charge in [-0.15, -0.1) is 11.3 Å². The lowest BCUT2D eigenvalue weighted by molar-refractivity contribution is -0.116. The van der Waals surface area contributed by atoms with E-state index in [9.17, 15) is 9.59 Å². The fraction of sp³-hybridized carbons (Fsp3) is 0.333. The largest absolute Gasteiger partial charge is 0.326 e. The van der Waals surface area contributed by atoms with E-state index in [0.29, 0.717) is 0 Å². The number of benzene rings is 1. The number of para-hydroxylation sites is 1. The number of rotatable bonds is 7. The molecule has 0 aliphatic carbocycles. The number of carbonyl (C=O) groups excluding carboxylic acids is 2. The number of ketones is 1. The smallest absolute Gasteiger partial charge is 0.224 e. The van der Waals surface area contributed by atoms with E-state index in [1.54, 1.807) is 6.07 Å². The monoisotopic (exact) mass is 315 g/mol. The summed E-state index contributed by atoms with van der Waals surface area (Å²) in [5, 5.41) is 4.87. The molecular weight excluding hydrogens is 294 g/mol. The number of aryl methyl sites for hydroxylation is 2. The van der Waals surface area contributed by atoms with Gasteiger partial charge < -0.3 is 5.32 Å². The van der Waals surface area contributed by atoms with Gasteiger partial charge >= 0.3 is 0 Å². The summed E-state index contributed by atoms with van der Waals surface area (Å²) in [4.78, 5) is 24.8. The summed E-state index contributed by atoms with van der Waals surface area (Å²) in [5.74, 6) is -0.0647. The second kappa shape index (κ2) is 7.90. The lowest BCUT2D eigenvalue weighted by atomic mass is 10.0. The van der Waals surface area contributed by atoms with E-state index in [0.717, 1.165) is 34.5 Å². The van der Waals surface area contributed by atoms with Crippen LogP contribution in [-0.4, -0.2) is 11.7 Å². The zero-order chi connectivity index (χ0) is 15.9. The molecule has 22 heavy (non-hydrogen) atoms. The van der Waals surface area contributed by atoms with Crippen molar-refractivity contribution in [3.05, 3.63) is 51.7 Å². The maximum atomic E-state index is 12.2. The Hall–Kier alpha value is -1.94. The molecule has 0 aliphatic rings. The molecule has 0 unspecified atom stereocenters. The second-order valence-corrected chi connectivity index (χ2v) is 6.05. The van der Waals surface area contributed by atoms with Crippen molar-refractivity contribution in [1.29, 1.82) is 0 Å². The van der Waals surface area contributed by atoms with Crippen LogP contribution in [0.2, 0.25) is 0 Å². The average molecular weight is 315 g/mol. The molecule has 2 rings (SSSR count). The van der Waals surface area contributed by atoms with E-state index in [-0.39, 0.29) is 24.5 Å². The van der Waals surface area contributed by atoms with Crippen molar-refractivity contribution < 1.29 is 9.59 Å². The Bertz CT molecular complexity index is 625. The number of anilines is 1. The molecule has 0 radical (unpaired) electrons. The molecule has 1 amide bonds. The van der Waals surface area contributed by atoms with E-state index in [4.69, 9.17) is 0 Å². The molecule has 1 aromatic carbocycles. The van der Waals surface area contributed by atoms with E-state index in [1.807, 2.05) is 29.6 Å². The van der Waals surface area contributed by atoms with Crippen LogP contribution in [-0.2, 0) is 17.6 Å². The Balaban J connectivity index is 1.99. The van der Waals surface area contributed by atoms with Gasteiger partial charge in [0.15, 0.2) is 5.78 Å². The van der Waals surface area contributed by atoms with Gasteiger partial charge in [-0.2, -0.15) is 0 Å². The predicted octanol–water partition coefficient (Wildman–Crippen LogP) is 4.47. The number of Topliss-reactive ketones (excluding diaryl/α,β-unsaturated/α-hetero) is 1. The summed E-state index contributed by atoms with van der Waals surface area (Å²) in [6.07, 6.45) is 2.22. The van der Waals surface area contributed by atoms with Crippen LogP contribution in [0, 0.1) is 0 Å². The molecule has 4 heteroatoms. The first kappa shape index (κ1) is 16.4. The molecule has 0 saturated carbocycles. The maximum absolute atomic E-state index is 12.2. The van der Waals surface area contributed by atoms with Gasteiger partial charge in [-0.3, -0.25) is 9.59 Å². The summed E-state index contributed by atoms with van der Waals surface area (Å²) < 4.78 is 0. The van der Waals surface area contributed by atoms with Crippen molar-refractivity contribution in [1.82, 2.24) is 0 Å². The summed E-state index contributed by atoms with van der Waals surface area (Å²) >= 11 is 1.42. The van der Waals surface area contributed by atoms with Crippen LogP contribution in [0.4, 0.5) is 5.69 Å². The molecule has 0 spiro atoms. The average Bonchev–Trinajstić information content (AvgIpc) is 3.07. The van der Waals surface area contributed by atoms with Gasteiger partial charge in [-0.1, -0.05) is 38.1 Å². The topological polar surface area (TPSA) is 46.2 Å². The van der Waals surface area contributed by atoms with Gasteiger partial charge in [0.2, 0.25) is 5.91 Å². The highest BCUT2D eigenvalue weighted by molar-refractivity contribution is 7.12. The fourth-order valence-corrected chi connectivity index (χ4v) is 3.09. The van der Waals surface area contributed by atoms with Crippen LogP contribution in [0.3, 0.4) is 0 Å². The molecule has 116 valence electrons. The molecule has 0 aliphatic heterocycles. The molecule has 0 saturated heterocycles. The van der Waals surface area contributed by atoms with E-state index in [1.165, 1.54) is 11.3 Å². The minimum Gasteiger partial charge on any atom is -0.326 e. The fourth-order valence-electron chi connectivity index (χ4n) is 2.39. The van der Waals surface area contributed by atoms with Crippen molar-refractivity contribution in [2.24, 2.45) is 0 Å². The van der Waals surface area contributed by atoms with Crippen LogP contribution < -0.4 is 5.32 Å². The minimum absolute atomic E-state index is 0.0321. The third-order valence-corrected chi connectivity index (χ3v) is 4.55. The maximum Gasteiger partial charge on any atom is 0.224 e. The third-order valence-electron chi connectivity index (χ3n) is 3.64. The normalized spacial score (nSPS) is 10.5. The Kier molecular flexibility index (Phi) is 5.90. The Morgan fingerprint density at radius 1 is 1.00 bits per heavy atom. The Morgan fingerprint density at radius 2 is 1.68 bits per heavy atom. The number of nitrogens with one attached hydrogen (secondary N) is 1. The van der Waals surface area contributed by atoms with Gasteiger partial charge in [0.05, 0.1) is 4.88 Å². The second-order valence-electron chi connectivity index (χ2n) is 5.11. The first-order valence-electron chi connectivity index (χ1n) is 7.63. The molecule has 0 bridgehead atoms. The summed E-state index contributed by atoms with van der Waals surface area (Å²) in [7, 11) is 0. The van der Waals surface area contributed by atoms with E-state index < -0.39 is 0 Å². The molecule has 3 nitrogen and oxygen atoms in total. The van der Waals surface area contributed by atoms with E-state index >= 15 is 0 Å². The van der Waals surface area contributed by atoms with Crippen molar-refractivity contribution in [2.45, 2.75) is 39.5 Å². The minimum atomic E-state index is -0.0968. The Labute approximate surface area is 135 Å². The van der Waals surface area contributed by atoms with Crippen molar-refractivity contribution in [2.75, 3.05) is 5.32 Å². The van der Waals surface area contributed by atoms with Crippen LogP contribution in [0.15, 0.2) is 35.7 Å². The number of amides is 1. The van der Waals surface area contributed by atoms with Gasteiger partial charge in [0.25, 0.3) is 0 Å². The summed E-state index contributed by atoms with van der Waals surface area (Å²) in [5.41, 5.74) is 3.19. The summed E-state index contributed by atoms with van der Waals surface area (Å²) in [6.45, 7) is 4.15. The van der Waals surface area contributed by atoms with Gasteiger partial charge in [0, 0.05) is 18.5 Å². The quantitative estimate of drug-likeness (QED) is 0.766. The highest BCUT2D eigenvalue weighted by atomic mass is 32.1. The lowest BCUT2D eigenvalue weighted by Crippen LogP contribution is -2.15. The van der Waals surface area contributed by atoms with Gasteiger partial charge in [-0.05, 0) is 35.4 Å². The van der Waals surface area contributed by atoms with E-state index in [2.05, 4.69) is 19.2 Å². The molecule has 1 aromatic heterocycles. The molecule has 0 atom stereocenters. The van der Waals surface area contributed by atoms with Gasteiger partial charge in [-0.25, -0.2) is 0 Å². The Morgan fingerprint density at radius 3 is 2.23 bits per heavy atom. The van der Waals surface area contributed by atoms with Crippen LogP contribution in [0.5, 0.6) is 0 Å². The standard InChI is InChI=1S/C18H21NO2S/c1-3-13-7-5-8-14(4-2)18(13)19-17(21)11-10-15(20)16-9-6-12-22-16/h5-9,12H,3-4,10-11H2,1-2H3,(H,19,21). The zero-order valence-electron chi connectivity index (χ0n) is 13.0. The SMILES string of the molecule is CCc1cccc(CC)c1NC(=O)CCC(=O)c1cccs1. The highest BCUT2D eigenvalue weighted by Crippen LogP contribution is 2.23. The zero-order valence-corrected chi connectivity index (χ0v) is 13.8. The van der Waals surface area contributed by atoms with Crippen LogP contribution in [0.1, 0.15) is 47.5 Å². The van der Waals surface area contributed by atoms with Crippen molar-refractivity contribution in [3.63, 3.8) is 0 Å². The number of carbonyl (C=O) groups is 2. The van der Waals surface area contributed by atoms with Crippen molar-refractivity contribution >= 4 is 28.7 Å².